The maximum absolute atomic E-state index is 13.5. The number of halogens is 6. The summed E-state index contributed by atoms with van der Waals surface area (Å²) in [5, 5.41) is 3.45. The van der Waals surface area contributed by atoms with Crippen LogP contribution < -0.4 is 14.8 Å². The molecule has 1 N–H and O–H groups in total. The lowest BCUT2D eigenvalue weighted by Crippen LogP contribution is -2.33. The van der Waals surface area contributed by atoms with E-state index in [2.05, 4.69) is 26.1 Å². The van der Waals surface area contributed by atoms with Gasteiger partial charge in [0.15, 0.2) is 6.10 Å². The molecule has 1 saturated heterocycles. The van der Waals surface area contributed by atoms with Gasteiger partial charge in [0.05, 0.1) is 17.7 Å². The summed E-state index contributed by atoms with van der Waals surface area (Å²) in [7, 11) is 0. The molecule has 3 aromatic rings. The van der Waals surface area contributed by atoms with Crippen molar-refractivity contribution in [2.75, 3.05) is 32.8 Å². The van der Waals surface area contributed by atoms with Crippen LogP contribution >= 0.6 is 0 Å². The Morgan fingerprint density at radius 1 is 0.857 bits per heavy atom. The van der Waals surface area contributed by atoms with Crippen LogP contribution in [0.4, 0.5) is 26.3 Å². The maximum Gasteiger partial charge on any atom is 0.416 e. The number of ether oxygens (including phenoxy) is 3. The van der Waals surface area contributed by atoms with Gasteiger partial charge in [-0.1, -0.05) is 51.1 Å². The van der Waals surface area contributed by atoms with Gasteiger partial charge >= 0.3 is 18.3 Å². The summed E-state index contributed by atoms with van der Waals surface area (Å²) in [4.78, 5) is 14.6. The van der Waals surface area contributed by atoms with Crippen molar-refractivity contribution in [1.82, 2.24) is 10.2 Å². The molecule has 12 heteroatoms. The molecule has 266 valence electrons. The third-order valence-corrected chi connectivity index (χ3v) is 9.05. The van der Waals surface area contributed by atoms with E-state index >= 15 is 0 Å². The van der Waals surface area contributed by atoms with E-state index in [0.29, 0.717) is 50.2 Å². The summed E-state index contributed by atoms with van der Waals surface area (Å²) < 4.78 is 96.8. The van der Waals surface area contributed by atoms with E-state index in [0.717, 1.165) is 17.2 Å². The molecule has 6 nitrogen and oxygen atoms in total. The fourth-order valence-corrected chi connectivity index (χ4v) is 6.38. The second-order valence-corrected chi connectivity index (χ2v) is 13.7. The molecule has 0 amide bonds. The lowest BCUT2D eigenvalue weighted by molar-refractivity contribution is -0.151. The van der Waals surface area contributed by atoms with Crippen LogP contribution in [-0.2, 0) is 40.3 Å². The van der Waals surface area contributed by atoms with Crippen molar-refractivity contribution >= 4 is 5.97 Å². The molecular formula is C37H42F6N2O4. The van der Waals surface area contributed by atoms with Gasteiger partial charge in [0.2, 0.25) is 0 Å². The number of carbonyl (C=O) groups excluding carboxylic acids is 1. The summed E-state index contributed by atoms with van der Waals surface area (Å²) in [5.74, 6) is 1.35. The van der Waals surface area contributed by atoms with E-state index in [-0.39, 0.29) is 48.1 Å². The van der Waals surface area contributed by atoms with E-state index in [1.54, 1.807) is 6.92 Å². The Hall–Kier alpha value is -3.77. The van der Waals surface area contributed by atoms with Gasteiger partial charge in [-0.05, 0) is 77.3 Å². The Morgan fingerprint density at radius 3 is 2.04 bits per heavy atom. The highest BCUT2D eigenvalue weighted by molar-refractivity contribution is 5.75. The molecule has 0 bridgehead atoms. The Labute approximate surface area is 282 Å². The SMILES string of the molecule is CCOC(=O)[C@H](Cc1ccc(OCCNC2[C@H]3CN(Cc4ccc(C(F)(F)F)cc4C(F)(F)F)C[C@@H]23)cc1)Oc1ccc(C(C)(C)C)cc1. The average Bonchev–Trinajstić information content (AvgIpc) is 3.47. The minimum Gasteiger partial charge on any atom is -0.492 e. The fourth-order valence-electron chi connectivity index (χ4n) is 6.38. The first-order valence-electron chi connectivity index (χ1n) is 16.4. The van der Waals surface area contributed by atoms with Crippen molar-refractivity contribution in [3.8, 4) is 11.5 Å². The Morgan fingerprint density at radius 2 is 1.47 bits per heavy atom. The number of rotatable bonds is 13. The second-order valence-electron chi connectivity index (χ2n) is 13.7. The Balaban J connectivity index is 1.05. The number of esters is 1. The number of benzene rings is 3. The zero-order chi connectivity index (χ0) is 35.6. The van der Waals surface area contributed by atoms with Gasteiger partial charge in [0.25, 0.3) is 0 Å². The number of nitrogens with zero attached hydrogens (tertiary/aromatic N) is 1. The van der Waals surface area contributed by atoms with Gasteiger partial charge in [-0.3, -0.25) is 4.90 Å². The molecule has 1 saturated carbocycles. The van der Waals surface area contributed by atoms with Crippen molar-refractivity contribution in [3.63, 3.8) is 0 Å². The molecule has 1 heterocycles. The topological polar surface area (TPSA) is 60.0 Å². The zero-order valence-corrected chi connectivity index (χ0v) is 28.0. The molecule has 0 radical (unpaired) electrons. The van der Waals surface area contributed by atoms with E-state index in [1.165, 1.54) is 0 Å². The third kappa shape index (κ3) is 9.48. The quantitative estimate of drug-likeness (QED) is 0.113. The number of alkyl halides is 6. The van der Waals surface area contributed by atoms with Gasteiger partial charge in [-0.2, -0.15) is 26.3 Å². The lowest BCUT2D eigenvalue weighted by atomic mass is 9.87. The predicted octanol–water partition coefficient (Wildman–Crippen LogP) is 7.67. The minimum atomic E-state index is -4.87. The van der Waals surface area contributed by atoms with Crippen molar-refractivity contribution in [2.24, 2.45) is 11.8 Å². The molecule has 1 aliphatic heterocycles. The number of piperidine rings is 1. The molecule has 1 aliphatic carbocycles. The van der Waals surface area contributed by atoms with Crippen LogP contribution in [0.2, 0.25) is 0 Å². The van der Waals surface area contributed by atoms with Crippen molar-refractivity contribution < 1.29 is 45.3 Å². The summed E-state index contributed by atoms with van der Waals surface area (Å²) in [6.07, 6.45) is -10.2. The zero-order valence-electron chi connectivity index (χ0n) is 28.0. The first-order chi connectivity index (χ1) is 23.0. The third-order valence-electron chi connectivity index (χ3n) is 9.05. The van der Waals surface area contributed by atoms with Gasteiger partial charge in [-0.15, -0.1) is 0 Å². The Bertz CT molecular complexity index is 1560. The lowest BCUT2D eigenvalue weighted by Gasteiger charge is -2.23. The highest BCUT2D eigenvalue weighted by Gasteiger charge is 2.55. The van der Waals surface area contributed by atoms with Crippen molar-refractivity contribution in [3.05, 3.63) is 94.5 Å². The predicted molar refractivity (Wildman–Crippen MR) is 172 cm³/mol. The largest absolute Gasteiger partial charge is 0.492 e. The van der Waals surface area contributed by atoms with Crippen LogP contribution in [-0.4, -0.2) is 55.9 Å². The summed E-state index contributed by atoms with van der Waals surface area (Å²) in [6.45, 7) is 10.4. The van der Waals surface area contributed by atoms with Crippen LogP contribution in [0.3, 0.4) is 0 Å². The summed E-state index contributed by atoms with van der Waals surface area (Å²) in [5.41, 5.74) is -0.662. The van der Waals surface area contributed by atoms with Crippen LogP contribution in [0.15, 0.2) is 66.7 Å². The maximum atomic E-state index is 13.5. The average molecular weight is 693 g/mol. The fraction of sp³-hybridized carbons (Fsp3) is 0.486. The normalized spacial score (nSPS) is 20.1. The molecule has 1 unspecified atom stereocenters. The van der Waals surface area contributed by atoms with E-state index in [1.807, 2.05) is 53.4 Å². The number of fused-ring (bicyclic) bond motifs is 1. The van der Waals surface area contributed by atoms with Crippen LogP contribution in [0.5, 0.6) is 11.5 Å². The summed E-state index contributed by atoms with van der Waals surface area (Å²) >= 11 is 0. The molecular weight excluding hydrogens is 650 g/mol. The minimum absolute atomic E-state index is 0.00299. The highest BCUT2D eigenvalue weighted by atomic mass is 19.4. The number of nitrogens with one attached hydrogen (secondary N) is 1. The van der Waals surface area contributed by atoms with E-state index in [4.69, 9.17) is 14.2 Å². The van der Waals surface area contributed by atoms with Gasteiger partial charge in [0, 0.05) is 38.6 Å². The molecule has 49 heavy (non-hydrogen) atoms. The molecule has 3 aromatic carbocycles. The molecule has 0 aromatic heterocycles. The number of likely N-dealkylation sites (tertiary alicyclic amines) is 1. The first-order valence-corrected chi connectivity index (χ1v) is 16.4. The molecule has 2 fully saturated rings. The standard InChI is InChI=1S/C37H42F6N2O4/c1-5-47-34(46)32(49-28-14-10-25(11-15-28)35(2,3)4)18-23-6-12-27(13-7-23)48-17-16-44-33-29-21-45(22-30(29)33)20-24-8-9-26(36(38,39)40)19-31(24)37(41,42)43/h6-15,19,29-30,32-33,44H,5,16-18,20-22H2,1-4H3/t29-,30+,32-,33?/m0/s1. The Kier molecular flexibility index (Phi) is 10.9. The highest BCUT2D eigenvalue weighted by Crippen LogP contribution is 2.46. The first kappa shape index (κ1) is 36.5. The smallest absolute Gasteiger partial charge is 0.416 e. The molecule has 4 atom stereocenters. The van der Waals surface area contributed by atoms with Gasteiger partial charge < -0.3 is 19.5 Å². The van der Waals surface area contributed by atoms with Gasteiger partial charge in [0.1, 0.15) is 18.1 Å². The molecule has 2 aliphatic rings. The van der Waals surface area contributed by atoms with Gasteiger partial charge in [-0.25, -0.2) is 4.79 Å². The van der Waals surface area contributed by atoms with E-state index in [9.17, 15) is 31.1 Å². The summed E-state index contributed by atoms with van der Waals surface area (Å²) in [6, 6.07) is 17.2. The van der Waals surface area contributed by atoms with Crippen LogP contribution in [0, 0.1) is 11.8 Å². The van der Waals surface area contributed by atoms with E-state index < -0.39 is 35.6 Å². The number of hydrogen-bond acceptors (Lipinski definition) is 6. The molecule has 5 rings (SSSR count). The molecule has 0 spiro atoms. The van der Waals surface area contributed by atoms with Crippen LogP contribution in [0.1, 0.15) is 55.5 Å². The second kappa shape index (κ2) is 14.6. The number of carbonyl (C=O) groups is 1. The van der Waals surface area contributed by atoms with Crippen molar-refractivity contribution in [2.45, 2.75) is 70.6 Å². The number of hydrogen-bond donors (Lipinski definition) is 1. The van der Waals surface area contributed by atoms with Crippen LogP contribution in [0.25, 0.3) is 0 Å². The van der Waals surface area contributed by atoms with Crippen molar-refractivity contribution in [1.29, 1.82) is 0 Å². The monoisotopic (exact) mass is 692 g/mol.